The maximum Gasteiger partial charge on any atom is 0.163 e. The van der Waals surface area contributed by atoms with Crippen molar-refractivity contribution < 1.29 is 0 Å². The molecule has 0 N–H and O–H groups in total. The van der Waals surface area contributed by atoms with Gasteiger partial charge in [-0.05, 0) is 128 Å². The normalized spacial score (nSPS) is 14.1. The third kappa shape index (κ3) is 7.01. The molecule has 0 bridgehead atoms. The Balaban J connectivity index is 0.849. The first kappa shape index (κ1) is 49.4. The first-order chi connectivity index (χ1) is 44.7. The summed E-state index contributed by atoms with van der Waals surface area (Å²) >= 11 is 0. The van der Waals surface area contributed by atoms with E-state index < -0.39 is 0 Å². The predicted molar refractivity (Wildman–Crippen MR) is 373 cm³/mol. The van der Waals surface area contributed by atoms with Gasteiger partial charge >= 0.3 is 0 Å². The third-order valence-electron chi connectivity index (χ3n) is 19.6. The summed E-state index contributed by atoms with van der Waals surface area (Å²) in [5, 5.41) is 12.2. The number of allylic oxidation sites excluding steroid dienone is 2. The van der Waals surface area contributed by atoms with Crippen LogP contribution >= 0.6 is 0 Å². The number of aromatic nitrogens is 8. The zero-order chi connectivity index (χ0) is 58.7. The maximum atomic E-state index is 5.69. The van der Waals surface area contributed by atoms with Crippen molar-refractivity contribution in [2.75, 3.05) is 0 Å². The summed E-state index contributed by atoms with van der Waals surface area (Å²) in [7, 11) is 0. The molecule has 7 aromatic heterocycles. The summed E-state index contributed by atoms with van der Waals surface area (Å²) in [5.74, 6) is 2.22. The Morgan fingerprint density at radius 3 is 1.27 bits per heavy atom. The highest BCUT2D eigenvalue weighted by Crippen LogP contribution is 2.45. The minimum atomic E-state index is 0.0496. The van der Waals surface area contributed by atoms with E-state index in [0.717, 1.165) is 86.5 Å². The van der Waals surface area contributed by atoms with Crippen molar-refractivity contribution >= 4 is 121 Å². The molecule has 11 aromatic carbocycles. The number of benzene rings is 11. The van der Waals surface area contributed by atoms with Crippen LogP contribution in [0.4, 0.5) is 0 Å². The van der Waals surface area contributed by atoms with Crippen LogP contribution < -0.4 is 0 Å². The standard InChI is InChI=1S/C82H54N8/c1-2-20-51(21-3-1)82-83-80(89-76-42-38-52(85-68-30-12-4-22-56(68)57-23-5-13-31-69(57)85)46-64(76)65-47-53(39-43-77(65)89)86-70-32-14-6-24-58(70)59-25-7-15-33-71(59)86)50-81(84-82)90-78-44-40-54(87-72-34-16-8-26-60(72)61-27-9-17-35-73(61)87)48-66(78)67-49-55(41-45-79(67)90)88-74-36-18-10-28-62(74)63-29-11-19-37-75(63)88/h1-18,20-36,38-47,49-50,54H,19,37,48H2. The third-order valence-corrected chi connectivity index (χ3v) is 19.6. The highest BCUT2D eigenvalue weighted by Gasteiger charge is 2.29. The van der Waals surface area contributed by atoms with Crippen molar-refractivity contribution in [3.05, 3.63) is 296 Å². The van der Waals surface area contributed by atoms with E-state index in [-0.39, 0.29) is 6.04 Å². The van der Waals surface area contributed by atoms with E-state index in [4.69, 9.17) is 9.97 Å². The number of rotatable bonds is 7. The van der Waals surface area contributed by atoms with Gasteiger partial charge in [-0.25, -0.2) is 9.97 Å². The summed E-state index contributed by atoms with van der Waals surface area (Å²) in [6.07, 6.45) is 12.2. The largest absolute Gasteiger partial charge is 0.333 e. The molecule has 1 atom stereocenters. The molecule has 1 unspecified atom stereocenters. The lowest BCUT2D eigenvalue weighted by molar-refractivity contribution is 0.636. The quantitative estimate of drug-likeness (QED) is 0.160. The van der Waals surface area contributed by atoms with Crippen LogP contribution in [-0.2, 0) is 12.8 Å². The van der Waals surface area contributed by atoms with Crippen LogP contribution in [0.25, 0.3) is 161 Å². The number of hydrogen-bond donors (Lipinski definition) is 0. The van der Waals surface area contributed by atoms with Crippen LogP contribution in [0.1, 0.15) is 35.0 Å². The molecule has 2 aliphatic carbocycles. The molecular formula is C82H54N8. The van der Waals surface area contributed by atoms with Crippen molar-refractivity contribution in [2.45, 2.75) is 25.3 Å². The summed E-state index contributed by atoms with van der Waals surface area (Å²) < 4.78 is 14.7. The van der Waals surface area contributed by atoms with E-state index in [1.165, 1.54) is 98.5 Å². The molecular weight excluding hydrogens is 1100 g/mol. The molecule has 2 aliphatic rings. The van der Waals surface area contributed by atoms with Crippen LogP contribution in [0.5, 0.6) is 0 Å². The predicted octanol–water partition coefficient (Wildman–Crippen LogP) is 20.2. The van der Waals surface area contributed by atoms with Gasteiger partial charge in [-0.1, -0.05) is 176 Å². The van der Waals surface area contributed by atoms with Gasteiger partial charge in [0.1, 0.15) is 11.6 Å². The van der Waals surface area contributed by atoms with E-state index >= 15 is 0 Å². The Labute approximate surface area is 516 Å². The second-order valence-electron chi connectivity index (χ2n) is 24.3. The van der Waals surface area contributed by atoms with Crippen LogP contribution in [0.3, 0.4) is 0 Å². The number of para-hydroxylation sites is 7. The summed E-state index contributed by atoms with van der Waals surface area (Å²) in [6, 6.07) is 95.7. The summed E-state index contributed by atoms with van der Waals surface area (Å²) in [4.78, 5) is 11.4. The summed E-state index contributed by atoms with van der Waals surface area (Å²) in [6.45, 7) is 0. The smallest absolute Gasteiger partial charge is 0.163 e. The van der Waals surface area contributed by atoms with Crippen LogP contribution in [-0.4, -0.2) is 37.4 Å². The van der Waals surface area contributed by atoms with Crippen molar-refractivity contribution in [3.63, 3.8) is 0 Å². The van der Waals surface area contributed by atoms with E-state index in [9.17, 15) is 0 Å². The van der Waals surface area contributed by atoms with Crippen molar-refractivity contribution in [1.29, 1.82) is 0 Å². The molecule has 0 amide bonds. The average molecular weight is 1150 g/mol. The molecule has 0 aliphatic heterocycles. The van der Waals surface area contributed by atoms with Gasteiger partial charge in [0.2, 0.25) is 0 Å². The minimum Gasteiger partial charge on any atom is -0.333 e. The molecule has 0 saturated heterocycles. The van der Waals surface area contributed by atoms with Crippen molar-refractivity contribution in [3.8, 4) is 40.1 Å². The van der Waals surface area contributed by atoms with Gasteiger partial charge in [-0.15, -0.1) is 0 Å². The Morgan fingerprint density at radius 2 is 0.733 bits per heavy atom. The van der Waals surface area contributed by atoms with Gasteiger partial charge < -0.3 is 18.3 Å². The summed E-state index contributed by atoms with van der Waals surface area (Å²) in [5.41, 5.74) is 21.0. The Hall–Kier alpha value is -11.7. The van der Waals surface area contributed by atoms with Gasteiger partial charge in [0.25, 0.3) is 0 Å². The Bertz CT molecular complexity index is 5820. The molecule has 0 radical (unpaired) electrons. The highest BCUT2D eigenvalue weighted by atomic mass is 15.2. The molecule has 18 aromatic rings. The fourth-order valence-corrected chi connectivity index (χ4v) is 15.9. The first-order valence-electron chi connectivity index (χ1n) is 31.3. The molecule has 8 heteroatoms. The van der Waals surface area contributed by atoms with Gasteiger partial charge in [0.15, 0.2) is 5.82 Å². The lowest BCUT2D eigenvalue weighted by atomic mass is 9.96. The van der Waals surface area contributed by atoms with Gasteiger partial charge in [-0.3, -0.25) is 9.13 Å². The lowest BCUT2D eigenvalue weighted by Gasteiger charge is -2.23. The number of nitrogens with zero attached hydrogens (tertiary/aromatic N) is 8. The van der Waals surface area contributed by atoms with Crippen LogP contribution in [0.2, 0.25) is 0 Å². The zero-order valence-corrected chi connectivity index (χ0v) is 48.9. The van der Waals surface area contributed by atoms with Gasteiger partial charge in [0.05, 0.1) is 55.9 Å². The van der Waals surface area contributed by atoms with Crippen molar-refractivity contribution in [2.24, 2.45) is 0 Å². The Kier molecular flexibility index (Phi) is 10.4. The maximum absolute atomic E-state index is 5.69. The van der Waals surface area contributed by atoms with E-state index in [0.29, 0.717) is 5.82 Å². The fraction of sp³-hybridized carbons (Fsp3) is 0.0488. The first-order valence-corrected chi connectivity index (χ1v) is 31.3. The molecule has 422 valence electrons. The minimum absolute atomic E-state index is 0.0496. The SMILES string of the molecule is C1=Cc2c(n(-c3ccc4c(c3)c3c(n4-c4cc(-n5c6ccc(-n7c8ccccc8c8ccccc87)cc6c6cc(-n7c8ccccc8c8ccccc87)ccc65)nc(-c5ccccc5)n4)C=CC(n4c5ccccc5c5ccccc54)C3)c3ccccc23)CC1. The highest BCUT2D eigenvalue weighted by molar-refractivity contribution is 6.14. The molecule has 20 rings (SSSR count). The molecule has 7 heterocycles. The second-order valence-corrected chi connectivity index (χ2v) is 24.3. The molecule has 90 heavy (non-hydrogen) atoms. The molecule has 8 nitrogen and oxygen atoms in total. The lowest BCUT2D eigenvalue weighted by Crippen LogP contribution is -2.14. The zero-order valence-electron chi connectivity index (χ0n) is 48.9. The average Bonchev–Trinajstić information content (AvgIpc) is 1.63. The van der Waals surface area contributed by atoms with Crippen LogP contribution in [0.15, 0.2) is 273 Å². The molecule has 0 fully saturated rings. The van der Waals surface area contributed by atoms with E-state index in [2.05, 4.69) is 313 Å². The molecule has 0 saturated carbocycles. The topological polar surface area (TPSA) is 55.4 Å². The second kappa shape index (κ2) is 18.9. The Morgan fingerprint density at radius 1 is 0.322 bits per heavy atom. The number of hydrogen-bond acceptors (Lipinski definition) is 2. The monoisotopic (exact) mass is 1150 g/mol. The van der Waals surface area contributed by atoms with Crippen LogP contribution in [0, 0.1) is 0 Å². The van der Waals surface area contributed by atoms with Gasteiger partial charge in [-0.2, -0.15) is 0 Å². The van der Waals surface area contributed by atoms with Crippen molar-refractivity contribution in [1.82, 2.24) is 37.4 Å². The fourth-order valence-electron chi connectivity index (χ4n) is 15.9. The van der Waals surface area contributed by atoms with E-state index in [1.54, 1.807) is 0 Å². The van der Waals surface area contributed by atoms with E-state index in [1.807, 2.05) is 0 Å². The number of fused-ring (bicyclic) bond motifs is 18. The molecule has 0 spiro atoms. The van der Waals surface area contributed by atoms with Gasteiger partial charge in [0, 0.05) is 105 Å².